The Morgan fingerprint density at radius 2 is 2.20 bits per heavy atom. The van der Waals surface area contributed by atoms with E-state index >= 15 is 0 Å². The van der Waals surface area contributed by atoms with E-state index in [1.165, 1.54) is 0 Å². The summed E-state index contributed by atoms with van der Waals surface area (Å²) in [5.74, 6) is 0.710. The number of carbonyl (C=O) groups excluding carboxylic acids is 1. The summed E-state index contributed by atoms with van der Waals surface area (Å²) in [6.45, 7) is 1.74. The number of aryl methyl sites for hydroxylation is 1. The molecule has 0 spiro atoms. The Morgan fingerprint density at radius 1 is 1.40 bits per heavy atom. The lowest BCUT2D eigenvalue weighted by atomic mass is 10.0. The highest BCUT2D eigenvalue weighted by atomic mass is 16.3. The van der Waals surface area contributed by atoms with Gasteiger partial charge in [-0.1, -0.05) is 0 Å². The summed E-state index contributed by atoms with van der Waals surface area (Å²) in [6, 6.07) is 6.97. The summed E-state index contributed by atoms with van der Waals surface area (Å²) in [4.78, 5) is 10.7. The fraction of sp³-hybridized carbons (Fsp3) is 0.0833. The Hall–Kier alpha value is -2.03. The summed E-state index contributed by atoms with van der Waals surface area (Å²) in [7, 11) is 0. The second-order valence-corrected chi connectivity index (χ2v) is 3.33. The summed E-state index contributed by atoms with van der Waals surface area (Å²) in [5.41, 5.74) is 1.73. The quantitative estimate of drug-likeness (QED) is 0.762. The third-order valence-corrected chi connectivity index (χ3v) is 2.26. The zero-order chi connectivity index (χ0) is 10.8. The molecule has 0 radical (unpaired) electrons. The largest absolute Gasteiger partial charge is 0.507 e. The van der Waals surface area contributed by atoms with Crippen LogP contribution in [0, 0.1) is 6.92 Å². The molecule has 0 fully saturated rings. The second kappa shape index (κ2) is 3.61. The predicted molar refractivity (Wildman–Crippen MR) is 55.9 cm³/mol. The molecule has 0 unspecified atom stereocenters. The minimum Gasteiger partial charge on any atom is -0.507 e. The molecule has 3 heteroatoms. The first-order chi connectivity index (χ1) is 7.22. The van der Waals surface area contributed by atoms with Crippen LogP contribution in [0.2, 0.25) is 0 Å². The van der Waals surface area contributed by atoms with Crippen molar-refractivity contribution in [3.8, 4) is 17.1 Å². The Balaban J connectivity index is 2.60. The van der Waals surface area contributed by atoms with E-state index < -0.39 is 0 Å². The lowest BCUT2D eigenvalue weighted by Crippen LogP contribution is -1.87. The zero-order valence-electron chi connectivity index (χ0n) is 8.23. The number of hydrogen-bond acceptors (Lipinski definition) is 3. The molecule has 0 bridgehead atoms. The average molecular weight is 202 g/mol. The number of carbonyl (C=O) groups is 1. The zero-order valence-corrected chi connectivity index (χ0v) is 8.23. The van der Waals surface area contributed by atoms with Gasteiger partial charge in [0.1, 0.15) is 11.5 Å². The third-order valence-electron chi connectivity index (χ3n) is 2.26. The van der Waals surface area contributed by atoms with Crippen molar-refractivity contribution in [3.05, 3.63) is 41.7 Å². The number of benzene rings is 1. The SMILES string of the molecule is Cc1cc(-c2ccco2)cc(C=O)c1O. The van der Waals surface area contributed by atoms with Crippen LogP contribution < -0.4 is 0 Å². The minimum atomic E-state index is 0.0281. The van der Waals surface area contributed by atoms with Crippen molar-refractivity contribution in [1.29, 1.82) is 0 Å². The van der Waals surface area contributed by atoms with E-state index in [0.29, 0.717) is 17.6 Å². The molecule has 15 heavy (non-hydrogen) atoms. The van der Waals surface area contributed by atoms with Gasteiger partial charge in [-0.05, 0) is 36.8 Å². The number of phenols is 1. The van der Waals surface area contributed by atoms with E-state index in [4.69, 9.17) is 4.42 Å². The van der Waals surface area contributed by atoms with Crippen molar-refractivity contribution in [2.45, 2.75) is 6.92 Å². The van der Waals surface area contributed by atoms with E-state index in [0.717, 1.165) is 5.56 Å². The summed E-state index contributed by atoms with van der Waals surface area (Å²) < 4.78 is 5.22. The van der Waals surface area contributed by atoms with Gasteiger partial charge < -0.3 is 9.52 Å². The molecule has 2 aromatic rings. The number of aldehydes is 1. The number of furan rings is 1. The van der Waals surface area contributed by atoms with Crippen molar-refractivity contribution >= 4 is 6.29 Å². The van der Waals surface area contributed by atoms with Crippen LogP contribution in [0.3, 0.4) is 0 Å². The van der Waals surface area contributed by atoms with Gasteiger partial charge in [-0.2, -0.15) is 0 Å². The summed E-state index contributed by atoms with van der Waals surface area (Å²) in [6.07, 6.45) is 2.20. The fourth-order valence-electron chi connectivity index (χ4n) is 1.48. The van der Waals surface area contributed by atoms with Crippen LogP contribution in [-0.4, -0.2) is 11.4 Å². The van der Waals surface area contributed by atoms with E-state index in [2.05, 4.69) is 0 Å². The van der Waals surface area contributed by atoms with Crippen molar-refractivity contribution in [1.82, 2.24) is 0 Å². The van der Waals surface area contributed by atoms with Gasteiger partial charge in [0.15, 0.2) is 6.29 Å². The summed E-state index contributed by atoms with van der Waals surface area (Å²) >= 11 is 0. The van der Waals surface area contributed by atoms with Crippen molar-refractivity contribution < 1.29 is 14.3 Å². The first-order valence-corrected chi connectivity index (χ1v) is 4.55. The molecule has 1 heterocycles. The number of aromatic hydroxyl groups is 1. The van der Waals surface area contributed by atoms with Crippen molar-refractivity contribution in [2.24, 2.45) is 0 Å². The second-order valence-electron chi connectivity index (χ2n) is 3.33. The molecule has 0 saturated heterocycles. The molecule has 1 aromatic heterocycles. The van der Waals surface area contributed by atoms with Crippen LogP contribution in [0.1, 0.15) is 15.9 Å². The highest BCUT2D eigenvalue weighted by molar-refractivity contribution is 5.83. The Kier molecular flexibility index (Phi) is 2.29. The first kappa shape index (κ1) is 9.52. The van der Waals surface area contributed by atoms with E-state index in [-0.39, 0.29) is 11.3 Å². The molecule has 3 nitrogen and oxygen atoms in total. The standard InChI is InChI=1S/C12H10O3/c1-8-5-9(11-3-2-4-15-11)6-10(7-13)12(8)14/h2-7,14H,1H3. The lowest BCUT2D eigenvalue weighted by Gasteiger charge is -2.04. The monoisotopic (exact) mass is 202 g/mol. The Labute approximate surface area is 87.0 Å². The topological polar surface area (TPSA) is 50.4 Å². The normalized spacial score (nSPS) is 10.2. The van der Waals surface area contributed by atoms with Crippen molar-refractivity contribution in [3.63, 3.8) is 0 Å². The molecule has 1 aromatic carbocycles. The predicted octanol–water partition coefficient (Wildman–Crippen LogP) is 2.77. The number of rotatable bonds is 2. The van der Waals surface area contributed by atoms with Gasteiger partial charge in [0, 0.05) is 5.56 Å². The van der Waals surface area contributed by atoms with E-state index in [1.807, 2.05) is 0 Å². The van der Waals surface area contributed by atoms with Gasteiger partial charge in [-0.15, -0.1) is 0 Å². The maximum atomic E-state index is 10.7. The van der Waals surface area contributed by atoms with Gasteiger partial charge in [0.2, 0.25) is 0 Å². The fourth-order valence-corrected chi connectivity index (χ4v) is 1.48. The smallest absolute Gasteiger partial charge is 0.153 e. The number of phenolic OH excluding ortho intramolecular Hbond substituents is 1. The number of hydrogen-bond donors (Lipinski definition) is 1. The molecule has 0 aliphatic rings. The molecular weight excluding hydrogens is 192 g/mol. The Bertz CT molecular complexity index is 484. The van der Waals surface area contributed by atoms with Crippen LogP contribution in [0.4, 0.5) is 0 Å². The molecule has 76 valence electrons. The highest BCUT2D eigenvalue weighted by Crippen LogP contribution is 2.28. The maximum Gasteiger partial charge on any atom is 0.153 e. The van der Waals surface area contributed by atoms with Gasteiger partial charge >= 0.3 is 0 Å². The molecule has 0 aliphatic carbocycles. The highest BCUT2D eigenvalue weighted by Gasteiger charge is 2.08. The van der Waals surface area contributed by atoms with Crippen molar-refractivity contribution in [2.75, 3.05) is 0 Å². The average Bonchev–Trinajstić information content (AvgIpc) is 2.75. The van der Waals surface area contributed by atoms with Crippen LogP contribution in [-0.2, 0) is 0 Å². The van der Waals surface area contributed by atoms with E-state index in [9.17, 15) is 9.90 Å². The maximum absolute atomic E-state index is 10.7. The van der Waals surface area contributed by atoms with Crippen LogP contribution in [0.15, 0.2) is 34.9 Å². The molecule has 0 atom stereocenters. The van der Waals surface area contributed by atoms with Crippen LogP contribution >= 0.6 is 0 Å². The molecule has 0 amide bonds. The Morgan fingerprint density at radius 3 is 2.80 bits per heavy atom. The minimum absolute atomic E-state index is 0.0281. The van der Waals surface area contributed by atoms with Crippen LogP contribution in [0.5, 0.6) is 5.75 Å². The van der Waals surface area contributed by atoms with Crippen LogP contribution in [0.25, 0.3) is 11.3 Å². The third kappa shape index (κ3) is 1.64. The van der Waals surface area contributed by atoms with E-state index in [1.54, 1.807) is 37.5 Å². The van der Waals surface area contributed by atoms with Gasteiger partial charge in [-0.3, -0.25) is 4.79 Å². The molecular formula is C12H10O3. The molecule has 1 N–H and O–H groups in total. The summed E-state index contributed by atoms with van der Waals surface area (Å²) in [5, 5.41) is 9.56. The van der Waals surface area contributed by atoms with Gasteiger partial charge in [0.25, 0.3) is 0 Å². The molecule has 0 saturated carbocycles. The van der Waals surface area contributed by atoms with Gasteiger partial charge in [0.05, 0.1) is 11.8 Å². The lowest BCUT2D eigenvalue weighted by molar-refractivity contribution is 0.112. The first-order valence-electron chi connectivity index (χ1n) is 4.55. The molecule has 0 aliphatic heterocycles. The molecule has 2 rings (SSSR count). The van der Waals surface area contributed by atoms with Gasteiger partial charge in [-0.25, -0.2) is 0 Å².